The van der Waals surface area contributed by atoms with E-state index < -0.39 is 0 Å². The standard InChI is InChI=1S/C16H22FN3/c1-3-8-18-13-14(2)19-9-11-20(12-10-19)16-7-5-4-6-15(16)17/h1,4-7,14,18H,8-13H2,2H3. The summed E-state index contributed by atoms with van der Waals surface area (Å²) in [6.45, 7) is 7.33. The molecule has 0 radical (unpaired) electrons. The van der Waals surface area contributed by atoms with E-state index in [0.29, 0.717) is 18.3 Å². The fourth-order valence-corrected chi connectivity index (χ4v) is 2.59. The molecule has 1 unspecified atom stereocenters. The molecule has 1 aromatic carbocycles. The molecule has 3 nitrogen and oxygen atoms in total. The number of hydrogen-bond donors (Lipinski definition) is 1. The Morgan fingerprint density at radius 1 is 1.30 bits per heavy atom. The third-order valence-electron chi connectivity index (χ3n) is 3.80. The van der Waals surface area contributed by atoms with Crippen molar-refractivity contribution in [2.45, 2.75) is 13.0 Å². The zero-order chi connectivity index (χ0) is 14.4. The van der Waals surface area contributed by atoms with Gasteiger partial charge >= 0.3 is 0 Å². The summed E-state index contributed by atoms with van der Waals surface area (Å²) in [5.41, 5.74) is 0.713. The molecule has 1 fully saturated rings. The van der Waals surface area contributed by atoms with Gasteiger partial charge in [-0.1, -0.05) is 18.1 Å². The summed E-state index contributed by atoms with van der Waals surface area (Å²) < 4.78 is 13.8. The molecule has 1 saturated heterocycles. The first-order valence-corrected chi connectivity index (χ1v) is 7.10. The number of para-hydroxylation sites is 1. The predicted molar refractivity (Wildman–Crippen MR) is 81.4 cm³/mol. The Balaban J connectivity index is 1.83. The van der Waals surface area contributed by atoms with Gasteiger partial charge in [0.1, 0.15) is 5.82 Å². The average Bonchev–Trinajstić information content (AvgIpc) is 2.48. The highest BCUT2D eigenvalue weighted by Gasteiger charge is 2.22. The van der Waals surface area contributed by atoms with Gasteiger partial charge in [0.05, 0.1) is 12.2 Å². The molecule has 2 rings (SSSR count). The summed E-state index contributed by atoms with van der Waals surface area (Å²) in [5, 5.41) is 3.23. The Labute approximate surface area is 120 Å². The van der Waals surface area contributed by atoms with E-state index >= 15 is 0 Å². The molecule has 4 heteroatoms. The third-order valence-corrected chi connectivity index (χ3v) is 3.80. The van der Waals surface area contributed by atoms with Crippen LogP contribution >= 0.6 is 0 Å². The van der Waals surface area contributed by atoms with Crippen molar-refractivity contribution < 1.29 is 4.39 Å². The Bertz CT molecular complexity index is 461. The van der Waals surface area contributed by atoms with Crippen molar-refractivity contribution in [2.75, 3.05) is 44.2 Å². The molecule has 0 spiro atoms. The van der Waals surface area contributed by atoms with Gasteiger partial charge in [-0.15, -0.1) is 6.42 Å². The van der Waals surface area contributed by atoms with Gasteiger partial charge in [0, 0.05) is 38.8 Å². The number of nitrogens with one attached hydrogen (secondary N) is 1. The molecular weight excluding hydrogens is 253 g/mol. The van der Waals surface area contributed by atoms with Gasteiger partial charge in [-0.2, -0.15) is 0 Å². The molecule has 0 aliphatic carbocycles. The molecule has 1 aliphatic heterocycles. The van der Waals surface area contributed by atoms with Crippen LogP contribution in [0.1, 0.15) is 6.92 Å². The van der Waals surface area contributed by atoms with Crippen LogP contribution in [0.3, 0.4) is 0 Å². The highest BCUT2D eigenvalue weighted by molar-refractivity contribution is 5.47. The summed E-state index contributed by atoms with van der Waals surface area (Å²) in [4.78, 5) is 4.54. The second-order valence-electron chi connectivity index (χ2n) is 5.16. The lowest BCUT2D eigenvalue weighted by atomic mass is 10.2. The number of rotatable bonds is 5. The van der Waals surface area contributed by atoms with E-state index in [0.717, 1.165) is 32.7 Å². The van der Waals surface area contributed by atoms with Crippen LogP contribution in [-0.2, 0) is 0 Å². The van der Waals surface area contributed by atoms with Crippen LogP contribution in [0, 0.1) is 18.2 Å². The highest BCUT2D eigenvalue weighted by Crippen LogP contribution is 2.20. The Morgan fingerprint density at radius 3 is 2.65 bits per heavy atom. The van der Waals surface area contributed by atoms with E-state index in [1.807, 2.05) is 12.1 Å². The smallest absolute Gasteiger partial charge is 0.146 e. The van der Waals surface area contributed by atoms with Crippen molar-refractivity contribution in [3.8, 4) is 12.3 Å². The highest BCUT2D eigenvalue weighted by atomic mass is 19.1. The van der Waals surface area contributed by atoms with Crippen molar-refractivity contribution in [1.82, 2.24) is 10.2 Å². The van der Waals surface area contributed by atoms with Crippen LogP contribution < -0.4 is 10.2 Å². The summed E-state index contributed by atoms with van der Waals surface area (Å²) in [5.74, 6) is 2.45. The summed E-state index contributed by atoms with van der Waals surface area (Å²) >= 11 is 0. The van der Waals surface area contributed by atoms with Gasteiger partial charge in [0.15, 0.2) is 0 Å². The van der Waals surface area contributed by atoms with E-state index in [4.69, 9.17) is 6.42 Å². The van der Waals surface area contributed by atoms with Crippen LogP contribution in [0.2, 0.25) is 0 Å². The number of piperazine rings is 1. The largest absolute Gasteiger partial charge is 0.367 e. The molecule has 1 aromatic rings. The summed E-state index contributed by atoms with van der Waals surface area (Å²) in [6.07, 6.45) is 5.22. The lowest BCUT2D eigenvalue weighted by Crippen LogP contribution is -2.52. The van der Waals surface area contributed by atoms with Crippen molar-refractivity contribution >= 4 is 5.69 Å². The average molecular weight is 275 g/mol. The molecule has 0 bridgehead atoms. The van der Waals surface area contributed by atoms with E-state index in [9.17, 15) is 4.39 Å². The lowest BCUT2D eigenvalue weighted by molar-refractivity contribution is 0.194. The lowest BCUT2D eigenvalue weighted by Gasteiger charge is -2.39. The zero-order valence-corrected chi connectivity index (χ0v) is 12.0. The van der Waals surface area contributed by atoms with Crippen LogP contribution in [0.15, 0.2) is 24.3 Å². The third kappa shape index (κ3) is 3.72. The fraction of sp³-hybridized carbons (Fsp3) is 0.500. The topological polar surface area (TPSA) is 18.5 Å². The molecule has 20 heavy (non-hydrogen) atoms. The molecule has 1 heterocycles. The molecule has 0 saturated carbocycles. The first kappa shape index (κ1) is 14.8. The number of nitrogens with zero attached hydrogens (tertiary/aromatic N) is 2. The second kappa shape index (κ2) is 7.28. The minimum absolute atomic E-state index is 0.135. The van der Waals surface area contributed by atoms with Crippen LogP contribution in [0.5, 0.6) is 0 Å². The Kier molecular flexibility index (Phi) is 5.40. The van der Waals surface area contributed by atoms with E-state index in [1.54, 1.807) is 6.07 Å². The van der Waals surface area contributed by atoms with Crippen LogP contribution in [-0.4, -0.2) is 50.2 Å². The maximum atomic E-state index is 13.8. The van der Waals surface area contributed by atoms with Gasteiger partial charge < -0.3 is 10.2 Å². The quantitative estimate of drug-likeness (QED) is 0.650. The second-order valence-corrected chi connectivity index (χ2v) is 5.16. The Hall–Kier alpha value is -1.57. The van der Waals surface area contributed by atoms with Crippen LogP contribution in [0.4, 0.5) is 10.1 Å². The molecule has 1 atom stereocenters. The normalized spacial score (nSPS) is 17.8. The number of halogens is 1. The number of benzene rings is 1. The molecule has 0 aromatic heterocycles. The summed E-state index contributed by atoms with van der Waals surface area (Å²) in [6, 6.07) is 7.44. The molecule has 0 amide bonds. The minimum Gasteiger partial charge on any atom is -0.367 e. The molecular formula is C16H22FN3. The van der Waals surface area contributed by atoms with E-state index in [2.05, 4.69) is 28.0 Å². The van der Waals surface area contributed by atoms with E-state index in [-0.39, 0.29) is 5.82 Å². The summed E-state index contributed by atoms with van der Waals surface area (Å²) in [7, 11) is 0. The first-order valence-electron chi connectivity index (χ1n) is 7.10. The van der Waals surface area contributed by atoms with Gasteiger partial charge in [0.25, 0.3) is 0 Å². The van der Waals surface area contributed by atoms with Gasteiger partial charge in [-0.05, 0) is 19.1 Å². The number of hydrogen-bond acceptors (Lipinski definition) is 3. The van der Waals surface area contributed by atoms with Crippen molar-refractivity contribution in [2.24, 2.45) is 0 Å². The maximum Gasteiger partial charge on any atom is 0.146 e. The number of anilines is 1. The maximum absolute atomic E-state index is 13.8. The molecule has 1 N–H and O–H groups in total. The van der Waals surface area contributed by atoms with Crippen molar-refractivity contribution in [3.05, 3.63) is 30.1 Å². The van der Waals surface area contributed by atoms with Crippen LogP contribution in [0.25, 0.3) is 0 Å². The number of terminal acetylenes is 1. The predicted octanol–water partition coefficient (Wildman–Crippen LogP) is 1.56. The van der Waals surface area contributed by atoms with Crippen molar-refractivity contribution in [1.29, 1.82) is 0 Å². The van der Waals surface area contributed by atoms with E-state index in [1.165, 1.54) is 6.07 Å². The molecule has 1 aliphatic rings. The fourth-order valence-electron chi connectivity index (χ4n) is 2.59. The monoisotopic (exact) mass is 275 g/mol. The zero-order valence-electron chi connectivity index (χ0n) is 12.0. The Morgan fingerprint density at radius 2 is 2.00 bits per heavy atom. The van der Waals surface area contributed by atoms with Crippen molar-refractivity contribution in [3.63, 3.8) is 0 Å². The van der Waals surface area contributed by atoms with Gasteiger partial charge in [-0.25, -0.2) is 4.39 Å². The SMILES string of the molecule is C#CCNCC(C)N1CCN(c2ccccc2F)CC1. The van der Waals surface area contributed by atoms with Gasteiger partial charge in [-0.3, -0.25) is 4.90 Å². The van der Waals surface area contributed by atoms with Gasteiger partial charge in [0.2, 0.25) is 0 Å². The minimum atomic E-state index is -0.135. The molecule has 108 valence electrons. The first-order chi connectivity index (χ1) is 9.72.